The fraction of sp³-hybridized carbons (Fsp3) is 0.385. The number of rotatable bonds is 4. The molecule has 0 saturated heterocycles. The average Bonchev–Trinajstić information content (AvgIpc) is 2.92. The zero-order valence-corrected chi connectivity index (χ0v) is 15.3. The molecule has 1 nitrogen and oxygen atoms in total. The van der Waals surface area contributed by atoms with Crippen LogP contribution >= 0.6 is 0 Å². The van der Waals surface area contributed by atoms with E-state index in [1.807, 2.05) is 0 Å². The standard InChI is InChI=1S/C13H16OSi.2ClH.Zr/c1-15(11-10-14,12-6-2-3-7-12)13-8-4-5-9-13;;;/h2,4,6,8,14H,3,5,10-11H2,1H3;2*1H;/q-2;;;+4/p-2. The summed E-state index contributed by atoms with van der Waals surface area (Å²) < 4.78 is 0. The van der Waals surface area contributed by atoms with Crippen LogP contribution in [0.15, 0.2) is 34.7 Å². The molecule has 0 aliphatic heterocycles. The molecule has 0 fully saturated rings. The molecular formula is C13H16Cl2OSiZr. The van der Waals surface area contributed by atoms with Crippen molar-refractivity contribution in [3.63, 3.8) is 0 Å². The molecule has 0 bridgehead atoms. The first kappa shape index (κ1) is 20.9. The molecule has 18 heavy (non-hydrogen) atoms. The smallest absolute Gasteiger partial charge is 1.00 e. The number of hydrogen-bond acceptors (Lipinski definition) is 1. The van der Waals surface area contributed by atoms with Crippen LogP contribution in [0.1, 0.15) is 12.8 Å². The molecule has 0 atom stereocenters. The Morgan fingerprint density at radius 2 is 1.56 bits per heavy atom. The molecule has 0 aromatic carbocycles. The Morgan fingerprint density at radius 1 is 1.11 bits per heavy atom. The minimum Gasteiger partial charge on any atom is -1.00 e. The summed E-state index contributed by atoms with van der Waals surface area (Å²) in [5.41, 5.74) is 0. The Bertz CT molecular complexity index is 345. The van der Waals surface area contributed by atoms with E-state index >= 15 is 0 Å². The van der Waals surface area contributed by atoms with E-state index in [0.717, 1.165) is 18.9 Å². The molecule has 1 N–H and O–H groups in total. The number of aliphatic hydroxyl groups excluding tert-OH is 1. The third kappa shape index (κ3) is 4.31. The van der Waals surface area contributed by atoms with Gasteiger partial charge in [-0.15, -0.1) is 12.8 Å². The van der Waals surface area contributed by atoms with Gasteiger partial charge in [0.25, 0.3) is 0 Å². The molecule has 2 rings (SSSR count). The van der Waals surface area contributed by atoms with Gasteiger partial charge >= 0.3 is 26.2 Å². The van der Waals surface area contributed by atoms with Crippen LogP contribution in [0.4, 0.5) is 0 Å². The summed E-state index contributed by atoms with van der Waals surface area (Å²) in [5, 5.41) is 11.9. The van der Waals surface area contributed by atoms with Gasteiger partial charge < -0.3 is 29.9 Å². The molecule has 96 valence electrons. The van der Waals surface area contributed by atoms with E-state index in [4.69, 9.17) is 0 Å². The number of halogens is 2. The second kappa shape index (κ2) is 9.50. The summed E-state index contributed by atoms with van der Waals surface area (Å²) in [6.45, 7) is 2.57. The molecule has 0 unspecified atom stereocenters. The Hall–Kier alpha value is 0.600. The van der Waals surface area contributed by atoms with Crippen molar-refractivity contribution in [1.29, 1.82) is 0 Å². The van der Waals surface area contributed by atoms with Crippen LogP contribution in [0.2, 0.25) is 12.6 Å². The largest absolute Gasteiger partial charge is 4.00 e. The molecule has 0 heterocycles. The normalized spacial score (nSPS) is 16.3. The first-order chi connectivity index (χ1) is 7.27. The van der Waals surface area contributed by atoms with Crippen LogP contribution in [0, 0.1) is 12.2 Å². The maximum Gasteiger partial charge on any atom is 4.00 e. The summed E-state index contributed by atoms with van der Waals surface area (Å²) >= 11 is 0. The Balaban J connectivity index is 0. The first-order valence-corrected chi connectivity index (χ1v) is 8.14. The average molecular weight is 378 g/mol. The van der Waals surface area contributed by atoms with Crippen LogP contribution in [0.3, 0.4) is 0 Å². The third-order valence-electron chi connectivity index (χ3n) is 3.19. The van der Waals surface area contributed by atoms with E-state index in [0.29, 0.717) is 0 Å². The second-order valence-electron chi connectivity index (χ2n) is 4.20. The van der Waals surface area contributed by atoms with E-state index in [-0.39, 0.29) is 57.6 Å². The fourth-order valence-electron chi connectivity index (χ4n) is 2.21. The first-order valence-electron chi connectivity index (χ1n) is 5.44. The Morgan fingerprint density at radius 3 is 1.83 bits per heavy atom. The predicted octanol–water partition coefficient (Wildman–Crippen LogP) is -3.48. The van der Waals surface area contributed by atoms with Gasteiger partial charge in [-0.05, 0) is 6.04 Å². The van der Waals surface area contributed by atoms with Gasteiger partial charge in [0.2, 0.25) is 0 Å². The Labute approximate surface area is 142 Å². The van der Waals surface area contributed by atoms with Gasteiger partial charge in [-0.2, -0.15) is 12.2 Å². The van der Waals surface area contributed by atoms with Crippen molar-refractivity contribution in [2.24, 2.45) is 0 Å². The van der Waals surface area contributed by atoms with Crippen molar-refractivity contribution < 1.29 is 56.1 Å². The van der Waals surface area contributed by atoms with Crippen molar-refractivity contribution in [2.75, 3.05) is 6.61 Å². The van der Waals surface area contributed by atoms with E-state index in [1.54, 1.807) is 0 Å². The van der Waals surface area contributed by atoms with Crippen molar-refractivity contribution >= 4 is 8.07 Å². The van der Waals surface area contributed by atoms with Crippen LogP contribution < -0.4 is 24.8 Å². The van der Waals surface area contributed by atoms with Crippen LogP contribution in [-0.2, 0) is 26.2 Å². The third-order valence-corrected chi connectivity index (χ3v) is 7.48. The minimum absolute atomic E-state index is 0. The molecule has 0 saturated carbocycles. The molecule has 0 amide bonds. The van der Waals surface area contributed by atoms with Crippen molar-refractivity contribution in [3.8, 4) is 0 Å². The molecule has 2 aliphatic rings. The van der Waals surface area contributed by atoms with Crippen molar-refractivity contribution in [1.82, 2.24) is 0 Å². The van der Waals surface area contributed by atoms with Gasteiger partial charge in [0.1, 0.15) is 0 Å². The number of allylic oxidation sites excluding steroid dienone is 8. The van der Waals surface area contributed by atoms with E-state index in [1.165, 1.54) is 10.4 Å². The topological polar surface area (TPSA) is 20.2 Å². The van der Waals surface area contributed by atoms with E-state index < -0.39 is 8.07 Å². The minimum atomic E-state index is -1.70. The van der Waals surface area contributed by atoms with Crippen LogP contribution in [0.5, 0.6) is 0 Å². The second-order valence-corrected chi connectivity index (χ2v) is 8.44. The molecule has 2 aliphatic carbocycles. The summed E-state index contributed by atoms with van der Waals surface area (Å²) in [6, 6.07) is 0.881. The van der Waals surface area contributed by atoms with E-state index in [9.17, 15) is 5.11 Å². The van der Waals surface area contributed by atoms with Gasteiger partial charge in [-0.1, -0.05) is 6.55 Å². The maximum atomic E-state index is 9.23. The summed E-state index contributed by atoms with van der Waals surface area (Å²) in [6.07, 6.45) is 17.4. The van der Waals surface area contributed by atoms with Crippen LogP contribution in [-0.4, -0.2) is 19.8 Å². The van der Waals surface area contributed by atoms with E-state index in [2.05, 4.69) is 43.0 Å². The van der Waals surface area contributed by atoms with Crippen molar-refractivity contribution in [2.45, 2.75) is 25.4 Å². The zero-order chi connectivity index (χ0) is 10.7. The number of aliphatic hydroxyl groups is 1. The molecule has 0 spiro atoms. The Kier molecular flexibility index (Phi) is 11.0. The van der Waals surface area contributed by atoms with Gasteiger partial charge in [-0.3, -0.25) is 12.2 Å². The summed E-state index contributed by atoms with van der Waals surface area (Å²) in [5.74, 6) is 0. The van der Waals surface area contributed by atoms with Gasteiger partial charge in [0.15, 0.2) is 0 Å². The molecule has 0 aromatic heterocycles. The van der Waals surface area contributed by atoms with Crippen molar-refractivity contribution in [3.05, 3.63) is 46.8 Å². The number of hydrogen-bond donors (Lipinski definition) is 1. The zero-order valence-electron chi connectivity index (χ0n) is 10.3. The molecule has 0 radical (unpaired) electrons. The SMILES string of the molecule is C[Si](CCO)(C1=[C-]CC=C1)C1=[C-]CC=C1.[Cl-].[Cl-].[Zr+4]. The molecule has 0 aromatic rings. The van der Waals surface area contributed by atoms with Gasteiger partial charge in [0, 0.05) is 14.7 Å². The monoisotopic (exact) mass is 376 g/mol. The van der Waals surface area contributed by atoms with Gasteiger partial charge in [-0.25, -0.2) is 22.5 Å². The van der Waals surface area contributed by atoms with Crippen LogP contribution in [0.25, 0.3) is 0 Å². The van der Waals surface area contributed by atoms with Gasteiger partial charge in [0.05, 0.1) is 0 Å². The summed E-state index contributed by atoms with van der Waals surface area (Å²) in [4.78, 5) is 0. The maximum absolute atomic E-state index is 9.23. The molecular weight excluding hydrogens is 362 g/mol. The fourth-order valence-corrected chi connectivity index (χ4v) is 5.44. The predicted molar refractivity (Wildman–Crippen MR) is 64.5 cm³/mol. The summed E-state index contributed by atoms with van der Waals surface area (Å²) in [7, 11) is -1.70. The quantitative estimate of drug-likeness (QED) is 0.398. The molecule has 5 heteroatoms.